The van der Waals surface area contributed by atoms with Gasteiger partial charge in [-0.3, -0.25) is 0 Å². The molecule has 0 atom stereocenters. The third-order valence-electron chi connectivity index (χ3n) is 5.41. The molecule has 1 aromatic heterocycles. The van der Waals surface area contributed by atoms with Crippen molar-refractivity contribution in [1.29, 1.82) is 0 Å². The molecule has 0 saturated heterocycles. The van der Waals surface area contributed by atoms with Crippen LogP contribution in [0.2, 0.25) is 0 Å². The summed E-state index contributed by atoms with van der Waals surface area (Å²) in [5, 5.41) is 4.73. The fourth-order valence-corrected chi connectivity index (χ4v) is 3.83. The zero-order valence-electron chi connectivity index (χ0n) is 19.3. The molecule has 1 heterocycles. The fourth-order valence-electron chi connectivity index (χ4n) is 3.83. The molecule has 0 amide bonds. The molecule has 3 aromatic carbocycles. The standard InChI is InChI=1S/C26H26N2O5/c1-29-19-14-20(26(33-5)24(15-19)32-4)21-16-27-28(18-9-7-6-8-10-18)25(21)17-11-12-22(30-2)23(13-17)31-3/h6-16H,1-5H3. The number of aromatic nitrogens is 2. The number of benzene rings is 3. The summed E-state index contributed by atoms with van der Waals surface area (Å²) in [6, 6.07) is 19.4. The Morgan fingerprint density at radius 1 is 0.636 bits per heavy atom. The van der Waals surface area contributed by atoms with Gasteiger partial charge in [0.05, 0.1) is 53.1 Å². The minimum Gasteiger partial charge on any atom is -0.497 e. The number of ether oxygens (including phenoxy) is 5. The van der Waals surface area contributed by atoms with Crippen molar-refractivity contribution in [1.82, 2.24) is 9.78 Å². The third-order valence-corrected chi connectivity index (χ3v) is 5.41. The van der Waals surface area contributed by atoms with Crippen LogP contribution in [0, 0.1) is 0 Å². The number of para-hydroxylation sites is 1. The first-order chi connectivity index (χ1) is 16.1. The molecule has 0 radical (unpaired) electrons. The lowest BCUT2D eigenvalue weighted by molar-refractivity contribution is 0.350. The van der Waals surface area contributed by atoms with Gasteiger partial charge in [-0.2, -0.15) is 5.10 Å². The van der Waals surface area contributed by atoms with Crippen LogP contribution in [0.5, 0.6) is 28.7 Å². The molecule has 4 aromatic rings. The smallest absolute Gasteiger partial charge is 0.168 e. The predicted octanol–water partition coefficient (Wildman–Crippen LogP) is 5.25. The average Bonchev–Trinajstić information content (AvgIpc) is 3.32. The molecular formula is C26H26N2O5. The van der Waals surface area contributed by atoms with E-state index in [9.17, 15) is 0 Å². The predicted molar refractivity (Wildman–Crippen MR) is 127 cm³/mol. The van der Waals surface area contributed by atoms with Gasteiger partial charge in [0.25, 0.3) is 0 Å². The normalized spacial score (nSPS) is 10.6. The molecule has 0 fully saturated rings. The first-order valence-corrected chi connectivity index (χ1v) is 10.3. The molecule has 0 aliphatic rings. The second-order valence-electron chi connectivity index (χ2n) is 7.13. The van der Waals surface area contributed by atoms with Crippen molar-refractivity contribution in [2.24, 2.45) is 0 Å². The minimum absolute atomic E-state index is 0.567. The molecule has 0 saturated carbocycles. The van der Waals surface area contributed by atoms with E-state index in [1.54, 1.807) is 41.6 Å². The van der Waals surface area contributed by atoms with Crippen LogP contribution in [0.3, 0.4) is 0 Å². The minimum atomic E-state index is 0.567. The fraction of sp³-hybridized carbons (Fsp3) is 0.192. The second-order valence-corrected chi connectivity index (χ2v) is 7.13. The maximum atomic E-state index is 5.75. The molecule has 7 nitrogen and oxygen atoms in total. The molecule has 0 bridgehead atoms. The molecule has 7 heteroatoms. The Kier molecular flexibility index (Phi) is 6.40. The zero-order chi connectivity index (χ0) is 23.4. The van der Waals surface area contributed by atoms with E-state index in [0.717, 1.165) is 28.1 Å². The van der Waals surface area contributed by atoms with Gasteiger partial charge < -0.3 is 23.7 Å². The Bertz CT molecular complexity index is 1250. The summed E-state index contributed by atoms with van der Waals surface area (Å²) < 4.78 is 29.7. The summed E-state index contributed by atoms with van der Waals surface area (Å²) in [7, 11) is 8.07. The average molecular weight is 447 g/mol. The quantitative estimate of drug-likeness (QED) is 0.368. The Morgan fingerprint density at radius 2 is 1.36 bits per heavy atom. The number of hydrogen-bond acceptors (Lipinski definition) is 6. The summed E-state index contributed by atoms with van der Waals surface area (Å²) in [5.74, 6) is 3.07. The lowest BCUT2D eigenvalue weighted by atomic mass is 9.99. The van der Waals surface area contributed by atoms with Gasteiger partial charge in [-0.25, -0.2) is 4.68 Å². The maximum absolute atomic E-state index is 5.75. The van der Waals surface area contributed by atoms with Crippen molar-refractivity contribution < 1.29 is 23.7 Å². The summed E-state index contributed by atoms with van der Waals surface area (Å²) in [5.41, 5.74) is 4.31. The van der Waals surface area contributed by atoms with Crippen LogP contribution in [0.25, 0.3) is 28.1 Å². The molecule has 0 unspecified atom stereocenters. The number of methoxy groups -OCH3 is 5. The van der Waals surface area contributed by atoms with Gasteiger partial charge in [-0.15, -0.1) is 0 Å². The Morgan fingerprint density at radius 3 is 2.00 bits per heavy atom. The monoisotopic (exact) mass is 446 g/mol. The first kappa shape index (κ1) is 22.1. The number of hydrogen-bond donors (Lipinski definition) is 0. The van der Waals surface area contributed by atoms with Crippen LogP contribution < -0.4 is 23.7 Å². The van der Waals surface area contributed by atoms with Gasteiger partial charge in [0.15, 0.2) is 23.0 Å². The highest BCUT2D eigenvalue weighted by Gasteiger charge is 2.23. The highest BCUT2D eigenvalue weighted by atomic mass is 16.5. The van der Waals surface area contributed by atoms with Crippen molar-refractivity contribution in [3.05, 3.63) is 66.9 Å². The summed E-state index contributed by atoms with van der Waals surface area (Å²) in [6.07, 6.45) is 1.82. The van der Waals surface area contributed by atoms with Gasteiger partial charge in [0.1, 0.15) is 5.75 Å². The van der Waals surface area contributed by atoms with E-state index in [4.69, 9.17) is 28.8 Å². The topological polar surface area (TPSA) is 64.0 Å². The molecule has 170 valence electrons. The third kappa shape index (κ3) is 4.05. The molecule has 0 N–H and O–H groups in total. The highest BCUT2D eigenvalue weighted by molar-refractivity contribution is 5.87. The van der Waals surface area contributed by atoms with Gasteiger partial charge in [0.2, 0.25) is 0 Å². The summed E-state index contributed by atoms with van der Waals surface area (Å²) in [4.78, 5) is 0. The molecule has 4 rings (SSSR count). The lowest BCUT2D eigenvalue weighted by Gasteiger charge is -2.17. The van der Waals surface area contributed by atoms with Crippen molar-refractivity contribution in [3.8, 4) is 56.8 Å². The van der Waals surface area contributed by atoms with Crippen molar-refractivity contribution in [2.45, 2.75) is 0 Å². The van der Waals surface area contributed by atoms with Crippen molar-refractivity contribution >= 4 is 0 Å². The Labute approximate surface area is 193 Å². The van der Waals surface area contributed by atoms with E-state index in [1.807, 2.05) is 65.5 Å². The molecule has 0 spiro atoms. The van der Waals surface area contributed by atoms with Crippen LogP contribution in [0.15, 0.2) is 66.9 Å². The second kappa shape index (κ2) is 9.56. The van der Waals surface area contributed by atoms with E-state index in [-0.39, 0.29) is 0 Å². The number of nitrogens with zero attached hydrogens (tertiary/aromatic N) is 2. The number of rotatable bonds is 8. The van der Waals surface area contributed by atoms with E-state index < -0.39 is 0 Å². The lowest BCUT2D eigenvalue weighted by Crippen LogP contribution is -2.01. The van der Waals surface area contributed by atoms with Gasteiger partial charge in [0, 0.05) is 22.8 Å². The largest absolute Gasteiger partial charge is 0.497 e. The molecule has 0 aliphatic carbocycles. The van der Waals surface area contributed by atoms with E-state index in [0.29, 0.717) is 28.7 Å². The van der Waals surface area contributed by atoms with Crippen LogP contribution in [0.4, 0.5) is 0 Å². The summed E-state index contributed by atoms with van der Waals surface area (Å²) >= 11 is 0. The maximum Gasteiger partial charge on any atom is 0.168 e. The van der Waals surface area contributed by atoms with E-state index in [2.05, 4.69) is 0 Å². The van der Waals surface area contributed by atoms with Crippen LogP contribution in [-0.2, 0) is 0 Å². The van der Waals surface area contributed by atoms with E-state index in [1.165, 1.54) is 0 Å². The SMILES string of the molecule is COc1cc(OC)c(OC)c(-c2cnn(-c3ccccc3)c2-c2ccc(OC)c(OC)c2)c1. The van der Waals surface area contributed by atoms with E-state index >= 15 is 0 Å². The zero-order valence-corrected chi connectivity index (χ0v) is 19.3. The van der Waals surface area contributed by atoms with Gasteiger partial charge in [-0.1, -0.05) is 18.2 Å². The van der Waals surface area contributed by atoms with Crippen LogP contribution in [-0.4, -0.2) is 45.3 Å². The van der Waals surface area contributed by atoms with Gasteiger partial charge in [-0.05, 0) is 36.4 Å². The highest BCUT2D eigenvalue weighted by Crippen LogP contribution is 2.46. The van der Waals surface area contributed by atoms with Crippen LogP contribution in [0.1, 0.15) is 0 Å². The molecular weight excluding hydrogens is 420 g/mol. The Hall–Kier alpha value is -4.13. The van der Waals surface area contributed by atoms with Gasteiger partial charge >= 0.3 is 0 Å². The van der Waals surface area contributed by atoms with Crippen molar-refractivity contribution in [3.63, 3.8) is 0 Å². The summed E-state index contributed by atoms with van der Waals surface area (Å²) in [6.45, 7) is 0. The molecule has 33 heavy (non-hydrogen) atoms. The van der Waals surface area contributed by atoms with Crippen LogP contribution >= 0.6 is 0 Å². The molecule has 0 aliphatic heterocycles. The Balaban J connectivity index is 2.04. The first-order valence-electron chi connectivity index (χ1n) is 10.3. The van der Waals surface area contributed by atoms with Crippen molar-refractivity contribution in [2.75, 3.05) is 35.5 Å².